The van der Waals surface area contributed by atoms with E-state index in [1.165, 1.54) is 16.6 Å². The van der Waals surface area contributed by atoms with Crippen LogP contribution in [0.5, 0.6) is 0 Å². The van der Waals surface area contributed by atoms with Crippen LogP contribution >= 0.6 is 11.6 Å². The molecule has 21 heavy (non-hydrogen) atoms. The molecule has 0 spiro atoms. The third-order valence-corrected chi connectivity index (χ3v) is 5.61. The number of halogens is 1. The Balaban J connectivity index is 2.14. The maximum atomic E-state index is 12.6. The standard InChI is InChI=1S/C12H20ClN5O2S/c1-2-3-17-4-6-18(7-5-17)21(19,20)10-8-11(13)12(16-14)15-9-10/h8-9H,2-7,14H2,1H3,(H,15,16). The van der Waals surface area contributed by atoms with Crippen molar-refractivity contribution in [3.63, 3.8) is 0 Å². The molecule has 1 aromatic heterocycles. The van der Waals surface area contributed by atoms with Gasteiger partial charge in [0.15, 0.2) is 5.82 Å². The predicted molar refractivity (Wildman–Crippen MR) is 82.5 cm³/mol. The maximum Gasteiger partial charge on any atom is 0.244 e. The summed E-state index contributed by atoms with van der Waals surface area (Å²) in [6, 6.07) is 1.37. The third-order valence-electron chi connectivity index (χ3n) is 3.46. The molecule has 0 unspecified atom stereocenters. The van der Waals surface area contributed by atoms with Gasteiger partial charge in [-0.15, -0.1) is 0 Å². The van der Waals surface area contributed by atoms with E-state index in [0.29, 0.717) is 13.1 Å². The zero-order chi connectivity index (χ0) is 15.5. The number of anilines is 1. The van der Waals surface area contributed by atoms with Crippen molar-refractivity contribution in [3.8, 4) is 0 Å². The van der Waals surface area contributed by atoms with Gasteiger partial charge in [0.1, 0.15) is 4.90 Å². The van der Waals surface area contributed by atoms with Crippen molar-refractivity contribution in [2.75, 3.05) is 38.1 Å². The van der Waals surface area contributed by atoms with E-state index in [1.54, 1.807) is 0 Å². The van der Waals surface area contributed by atoms with Gasteiger partial charge >= 0.3 is 0 Å². The summed E-state index contributed by atoms with van der Waals surface area (Å²) in [4.78, 5) is 6.27. The normalized spacial score (nSPS) is 17.9. The summed E-state index contributed by atoms with van der Waals surface area (Å²) in [5.41, 5.74) is 2.32. The third kappa shape index (κ3) is 3.64. The number of piperazine rings is 1. The molecule has 0 bridgehead atoms. The van der Waals surface area contributed by atoms with Crippen molar-refractivity contribution in [3.05, 3.63) is 17.3 Å². The van der Waals surface area contributed by atoms with Gasteiger partial charge in [0.2, 0.25) is 10.0 Å². The second kappa shape index (κ2) is 6.89. The van der Waals surface area contributed by atoms with E-state index in [0.717, 1.165) is 26.1 Å². The van der Waals surface area contributed by atoms with Crippen LogP contribution in [0.4, 0.5) is 5.82 Å². The minimum atomic E-state index is -3.56. The first-order chi connectivity index (χ1) is 9.98. The Bertz CT molecular complexity index is 587. The lowest BCUT2D eigenvalue weighted by atomic mass is 10.3. The van der Waals surface area contributed by atoms with Crippen LogP contribution in [0, 0.1) is 0 Å². The number of rotatable bonds is 5. The molecule has 0 amide bonds. The van der Waals surface area contributed by atoms with Crippen molar-refractivity contribution in [2.45, 2.75) is 18.2 Å². The largest absolute Gasteiger partial charge is 0.307 e. The van der Waals surface area contributed by atoms with E-state index in [2.05, 4.69) is 22.2 Å². The van der Waals surface area contributed by atoms with Crippen LogP contribution < -0.4 is 11.3 Å². The maximum absolute atomic E-state index is 12.6. The highest BCUT2D eigenvalue weighted by Gasteiger charge is 2.28. The van der Waals surface area contributed by atoms with Crippen LogP contribution in [-0.2, 0) is 10.0 Å². The molecule has 0 saturated carbocycles. The summed E-state index contributed by atoms with van der Waals surface area (Å²) in [5.74, 6) is 5.49. The Morgan fingerprint density at radius 1 is 1.38 bits per heavy atom. The van der Waals surface area contributed by atoms with Crippen LogP contribution in [0.3, 0.4) is 0 Å². The lowest BCUT2D eigenvalue weighted by Gasteiger charge is -2.33. The molecule has 9 heteroatoms. The highest BCUT2D eigenvalue weighted by atomic mass is 35.5. The lowest BCUT2D eigenvalue weighted by Crippen LogP contribution is -2.48. The highest BCUT2D eigenvalue weighted by Crippen LogP contribution is 2.24. The molecule has 0 radical (unpaired) electrons. The quantitative estimate of drug-likeness (QED) is 0.610. The minimum absolute atomic E-state index is 0.0930. The fourth-order valence-corrected chi connectivity index (χ4v) is 4.01. The topological polar surface area (TPSA) is 91.6 Å². The van der Waals surface area contributed by atoms with Crippen molar-refractivity contribution < 1.29 is 8.42 Å². The number of hydrazine groups is 1. The van der Waals surface area contributed by atoms with Crippen molar-refractivity contribution in [1.82, 2.24) is 14.2 Å². The summed E-state index contributed by atoms with van der Waals surface area (Å²) in [7, 11) is -3.56. The number of hydrogen-bond acceptors (Lipinski definition) is 6. The van der Waals surface area contributed by atoms with E-state index in [-0.39, 0.29) is 15.7 Å². The number of nitrogen functional groups attached to an aromatic ring is 1. The first-order valence-electron chi connectivity index (χ1n) is 6.83. The number of sulfonamides is 1. The fourth-order valence-electron chi connectivity index (χ4n) is 2.33. The number of pyridine rings is 1. The molecule has 118 valence electrons. The molecule has 1 aromatic rings. The van der Waals surface area contributed by atoms with Crippen LogP contribution in [0.1, 0.15) is 13.3 Å². The smallest absolute Gasteiger partial charge is 0.244 e. The van der Waals surface area contributed by atoms with Gasteiger partial charge in [-0.3, -0.25) is 0 Å². The Morgan fingerprint density at radius 2 is 2.05 bits per heavy atom. The lowest BCUT2D eigenvalue weighted by molar-refractivity contribution is 0.188. The van der Waals surface area contributed by atoms with E-state index in [1.807, 2.05) is 0 Å². The molecule has 2 rings (SSSR count). The molecule has 0 aromatic carbocycles. The number of aromatic nitrogens is 1. The Kier molecular flexibility index (Phi) is 5.39. The number of nitrogens with two attached hydrogens (primary N) is 1. The van der Waals surface area contributed by atoms with Crippen molar-refractivity contribution in [2.24, 2.45) is 5.84 Å². The van der Waals surface area contributed by atoms with Gasteiger partial charge < -0.3 is 10.3 Å². The summed E-state index contributed by atoms with van der Waals surface area (Å²) in [6.07, 6.45) is 2.34. The monoisotopic (exact) mass is 333 g/mol. The van der Waals surface area contributed by atoms with Crippen molar-refractivity contribution in [1.29, 1.82) is 0 Å². The highest BCUT2D eigenvalue weighted by molar-refractivity contribution is 7.89. The zero-order valence-corrected chi connectivity index (χ0v) is 13.5. The molecule has 2 heterocycles. The Morgan fingerprint density at radius 3 is 2.57 bits per heavy atom. The number of nitrogens with one attached hydrogen (secondary N) is 1. The van der Waals surface area contributed by atoms with E-state index < -0.39 is 10.0 Å². The summed E-state index contributed by atoms with van der Waals surface area (Å²) < 4.78 is 26.6. The molecule has 3 N–H and O–H groups in total. The van der Waals surface area contributed by atoms with Gasteiger partial charge in [0, 0.05) is 32.4 Å². The number of hydrogen-bond donors (Lipinski definition) is 2. The second-order valence-electron chi connectivity index (χ2n) is 4.89. The van der Waals surface area contributed by atoms with Gasteiger partial charge in [0.05, 0.1) is 5.02 Å². The average molecular weight is 334 g/mol. The van der Waals surface area contributed by atoms with Crippen LogP contribution in [-0.4, -0.2) is 55.3 Å². The van der Waals surface area contributed by atoms with Gasteiger partial charge in [-0.25, -0.2) is 19.2 Å². The van der Waals surface area contributed by atoms with Gasteiger partial charge in [-0.1, -0.05) is 18.5 Å². The molecule has 0 atom stereocenters. The van der Waals surface area contributed by atoms with Gasteiger partial charge in [-0.05, 0) is 19.0 Å². The molecule has 7 nitrogen and oxygen atoms in total. The first kappa shape index (κ1) is 16.4. The minimum Gasteiger partial charge on any atom is -0.307 e. The molecule has 1 aliphatic heterocycles. The van der Waals surface area contributed by atoms with E-state index in [9.17, 15) is 8.42 Å². The molecule has 1 fully saturated rings. The Labute approximate surface area is 130 Å². The van der Waals surface area contributed by atoms with Crippen LogP contribution in [0.25, 0.3) is 0 Å². The zero-order valence-electron chi connectivity index (χ0n) is 11.9. The fraction of sp³-hybridized carbons (Fsp3) is 0.583. The molecule has 0 aliphatic carbocycles. The summed E-state index contributed by atoms with van der Waals surface area (Å²) in [6.45, 7) is 5.57. The first-order valence-corrected chi connectivity index (χ1v) is 8.65. The van der Waals surface area contributed by atoms with Gasteiger partial charge in [0.25, 0.3) is 0 Å². The second-order valence-corrected chi connectivity index (χ2v) is 7.24. The Hall–Kier alpha value is -0.930. The summed E-state index contributed by atoms with van der Waals surface area (Å²) in [5, 5.41) is 0.184. The van der Waals surface area contributed by atoms with E-state index >= 15 is 0 Å². The van der Waals surface area contributed by atoms with Gasteiger partial charge in [-0.2, -0.15) is 4.31 Å². The average Bonchev–Trinajstić information content (AvgIpc) is 2.48. The predicted octanol–water partition coefficient (Wildman–Crippen LogP) is 0.737. The molecular formula is C12H20ClN5O2S. The van der Waals surface area contributed by atoms with Crippen molar-refractivity contribution >= 4 is 27.4 Å². The summed E-state index contributed by atoms with van der Waals surface area (Å²) >= 11 is 5.94. The van der Waals surface area contributed by atoms with Crippen LogP contribution in [0.15, 0.2) is 17.2 Å². The molecule has 1 saturated heterocycles. The van der Waals surface area contributed by atoms with E-state index in [4.69, 9.17) is 17.4 Å². The molecular weight excluding hydrogens is 314 g/mol. The van der Waals surface area contributed by atoms with Crippen LogP contribution in [0.2, 0.25) is 5.02 Å². The SMILES string of the molecule is CCCN1CCN(S(=O)(=O)c2cnc(NN)c(Cl)c2)CC1. The molecule has 1 aliphatic rings. The number of nitrogens with zero attached hydrogens (tertiary/aromatic N) is 3.